The number of benzene rings is 1. The molecule has 2 aromatic rings. The summed E-state index contributed by atoms with van der Waals surface area (Å²) in [5.74, 6) is 0.516. The van der Waals surface area contributed by atoms with E-state index in [1.54, 1.807) is 13.2 Å². The second-order valence-corrected chi connectivity index (χ2v) is 4.42. The highest BCUT2D eigenvalue weighted by atomic mass is 16.5. The average molecular weight is 285 g/mol. The number of ether oxygens (including phenoxy) is 1. The molecule has 2 rings (SSSR count). The molecule has 0 saturated carbocycles. The molecule has 0 spiro atoms. The van der Waals surface area contributed by atoms with E-state index in [1.807, 2.05) is 43.3 Å². The van der Waals surface area contributed by atoms with Crippen molar-refractivity contribution in [1.82, 2.24) is 10.3 Å². The lowest BCUT2D eigenvalue weighted by Crippen LogP contribution is -2.17. The number of carbonyl (C=O) groups is 1. The first-order valence-electron chi connectivity index (χ1n) is 6.87. The largest absolute Gasteiger partial charge is 0.476 e. The van der Waals surface area contributed by atoms with Crippen molar-refractivity contribution >= 4 is 11.6 Å². The molecule has 0 bridgehead atoms. The van der Waals surface area contributed by atoms with Crippen molar-refractivity contribution in [3.05, 3.63) is 53.7 Å². The van der Waals surface area contributed by atoms with E-state index in [4.69, 9.17) is 4.74 Å². The Morgan fingerprint density at radius 1 is 1.24 bits per heavy atom. The Balaban J connectivity index is 2.01. The Hall–Kier alpha value is -2.56. The number of carbonyl (C=O) groups excluding carboxylic acids is 1. The summed E-state index contributed by atoms with van der Waals surface area (Å²) < 4.78 is 5.46. The van der Waals surface area contributed by atoms with Gasteiger partial charge in [-0.2, -0.15) is 0 Å². The van der Waals surface area contributed by atoms with Gasteiger partial charge in [0, 0.05) is 25.4 Å². The molecule has 110 valence electrons. The fourth-order valence-corrected chi connectivity index (χ4v) is 1.89. The molecule has 1 amide bonds. The molecule has 5 heteroatoms. The molecule has 2 N–H and O–H groups in total. The van der Waals surface area contributed by atoms with Crippen molar-refractivity contribution in [2.24, 2.45) is 0 Å². The normalized spacial score (nSPS) is 10.0. The molecule has 0 radical (unpaired) electrons. The maximum absolute atomic E-state index is 11.5. The summed E-state index contributed by atoms with van der Waals surface area (Å²) in [6.45, 7) is 3.14. The Morgan fingerprint density at radius 3 is 2.67 bits per heavy atom. The molecule has 1 heterocycles. The molecule has 1 aromatic carbocycles. The van der Waals surface area contributed by atoms with E-state index in [1.165, 1.54) is 0 Å². The van der Waals surface area contributed by atoms with E-state index in [-0.39, 0.29) is 5.91 Å². The molecular weight excluding hydrogens is 266 g/mol. The Kier molecular flexibility index (Phi) is 5.15. The zero-order chi connectivity index (χ0) is 15.1. The van der Waals surface area contributed by atoms with Crippen LogP contribution in [0.25, 0.3) is 0 Å². The average Bonchev–Trinajstić information content (AvgIpc) is 2.54. The molecule has 0 aliphatic rings. The fourth-order valence-electron chi connectivity index (χ4n) is 1.89. The molecule has 1 aromatic heterocycles. The highest BCUT2D eigenvalue weighted by Crippen LogP contribution is 2.21. The fraction of sp³-hybridized carbons (Fsp3) is 0.250. The highest BCUT2D eigenvalue weighted by Gasteiger charge is 2.05. The van der Waals surface area contributed by atoms with E-state index in [2.05, 4.69) is 15.6 Å². The van der Waals surface area contributed by atoms with Crippen molar-refractivity contribution < 1.29 is 9.53 Å². The van der Waals surface area contributed by atoms with Crippen LogP contribution in [0.4, 0.5) is 5.69 Å². The number of amides is 1. The van der Waals surface area contributed by atoms with Gasteiger partial charge in [0.05, 0.1) is 12.3 Å². The van der Waals surface area contributed by atoms with E-state index in [9.17, 15) is 4.79 Å². The van der Waals surface area contributed by atoms with Gasteiger partial charge in [-0.3, -0.25) is 4.79 Å². The van der Waals surface area contributed by atoms with Crippen LogP contribution in [0.1, 0.15) is 22.8 Å². The van der Waals surface area contributed by atoms with Crippen LogP contribution in [0.15, 0.2) is 42.6 Å². The van der Waals surface area contributed by atoms with Gasteiger partial charge in [-0.05, 0) is 36.8 Å². The number of aromatic nitrogens is 1. The molecule has 0 saturated heterocycles. The number of nitrogens with one attached hydrogen (secondary N) is 2. The van der Waals surface area contributed by atoms with Gasteiger partial charge in [0.25, 0.3) is 5.91 Å². The lowest BCUT2D eigenvalue weighted by atomic mass is 10.1. The van der Waals surface area contributed by atoms with Crippen LogP contribution in [-0.2, 0) is 6.54 Å². The molecule has 0 unspecified atom stereocenters. The predicted molar refractivity (Wildman–Crippen MR) is 82.6 cm³/mol. The third-order valence-corrected chi connectivity index (χ3v) is 2.98. The van der Waals surface area contributed by atoms with Gasteiger partial charge in [0.2, 0.25) is 5.88 Å². The summed E-state index contributed by atoms with van der Waals surface area (Å²) in [5.41, 5.74) is 2.58. The standard InChI is InChI=1S/C16H19N3O2/c1-3-21-16-14(5-4-10-18-16)19-11-12-6-8-13(9-7-12)15(20)17-2/h4-10,19H,3,11H2,1-2H3,(H,17,20). The van der Waals surface area contributed by atoms with Crippen LogP contribution < -0.4 is 15.4 Å². The number of pyridine rings is 1. The van der Waals surface area contributed by atoms with Crippen LogP contribution in [-0.4, -0.2) is 24.5 Å². The highest BCUT2D eigenvalue weighted by molar-refractivity contribution is 5.93. The van der Waals surface area contributed by atoms with E-state index < -0.39 is 0 Å². The first kappa shape index (κ1) is 14.8. The summed E-state index contributed by atoms with van der Waals surface area (Å²) in [4.78, 5) is 15.7. The Labute approximate surface area is 124 Å². The molecule has 0 aliphatic carbocycles. The Morgan fingerprint density at radius 2 is 2.00 bits per heavy atom. The summed E-state index contributed by atoms with van der Waals surface area (Å²) >= 11 is 0. The molecule has 0 atom stereocenters. The molecule has 0 fully saturated rings. The van der Waals surface area contributed by atoms with Crippen molar-refractivity contribution in [2.75, 3.05) is 19.0 Å². The van der Waals surface area contributed by atoms with Gasteiger partial charge in [-0.25, -0.2) is 4.98 Å². The maximum atomic E-state index is 11.5. The Bertz CT molecular complexity index is 597. The van der Waals surface area contributed by atoms with Crippen LogP contribution in [0, 0.1) is 0 Å². The number of hydrogen-bond donors (Lipinski definition) is 2. The summed E-state index contributed by atoms with van der Waals surface area (Å²) in [6, 6.07) is 11.3. The van der Waals surface area contributed by atoms with Gasteiger partial charge in [0.1, 0.15) is 0 Å². The second kappa shape index (κ2) is 7.28. The zero-order valence-electron chi connectivity index (χ0n) is 12.2. The second-order valence-electron chi connectivity index (χ2n) is 4.42. The minimum absolute atomic E-state index is 0.0830. The quantitative estimate of drug-likeness (QED) is 0.855. The third kappa shape index (κ3) is 3.95. The van der Waals surface area contributed by atoms with Crippen LogP contribution in [0.2, 0.25) is 0 Å². The van der Waals surface area contributed by atoms with Crippen LogP contribution >= 0.6 is 0 Å². The van der Waals surface area contributed by atoms with Gasteiger partial charge in [-0.1, -0.05) is 12.1 Å². The van der Waals surface area contributed by atoms with Gasteiger partial charge >= 0.3 is 0 Å². The SMILES string of the molecule is CCOc1ncccc1NCc1ccc(C(=O)NC)cc1. The minimum atomic E-state index is -0.0830. The van der Waals surface area contributed by atoms with Crippen LogP contribution in [0.3, 0.4) is 0 Å². The smallest absolute Gasteiger partial charge is 0.251 e. The summed E-state index contributed by atoms with van der Waals surface area (Å²) in [7, 11) is 1.62. The first-order chi connectivity index (χ1) is 10.2. The summed E-state index contributed by atoms with van der Waals surface area (Å²) in [6.07, 6.45) is 1.70. The number of hydrogen-bond acceptors (Lipinski definition) is 4. The lowest BCUT2D eigenvalue weighted by Gasteiger charge is -2.11. The minimum Gasteiger partial charge on any atom is -0.476 e. The van der Waals surface area contributed by atoms with E-state index >= 15 is 0 Å². The van der Waals surface area contributed by atoms with Gasteiger partial charge < -0.3 is 15.4 Å². The van der Waals surface area contributed by atoms with Gasteiger partial charge in [-0.15, -0.1) is 0 Å². The molecule has 21 heavy (non-hydrogen) atoms. The third-order valence-electron chi connectivity index (χ3n) is 2.98. The van der Waals surface area contributed by atoms with Crippen molar-refractivity contribution in [2.45, 2.75) is 13.5 Å². The van der Waals surface area contributed by atoms with Crippen LogP contribution in [0.5, 0.6) is 5.88 Å². The monoisotopic (exact) mass is 285 g/mol. The van der Waals surface area contributed by atoms with Crippen molar-refractivity contribution in [1.29, 1.82) is 0 Å². The molecule has 0 aliphatic heterocycles. The lowest BCUT2D eigenvalue weighted by molar-refractivity contribution is 0.0963. The van der Waals surface area contributed by atoms with E-state index in [0.717, 1.165) is 11.3 Å². The topological polar surface area (TPSA) is 63.2 Å². The first-order valence-corrected chi connectivity index (χ1v) is 6.87. The number of anilines is 1. The van der Waals surface area contributed by atoms with Gasteiger partial charge in [0.15, 0.2) is 0 Å². The number of nitrogens with zero attached hydrogens (tertiary/aromatic N) is 1. The van der Waals surface area contributed by atoms with Crippen molar-refractivity contribution in [3.8, 4) is 5.88 Å². The zero-order valence-corrected chi connectivity index (χ0v) is 12.2. The molecule has 5 nitrogen and oxygen atoms in total. The molecular formula is C16H19N3O2. The maximum Gasteiger partial charge on any atom is 0.251 e. The van der Waals surface area contributed by atoms with Crippen molar-refractivity contribution in [3.63, 3.8) is 0 Å². The van der Waals surface area contributed by atoms with E-state index in [0.29, 0.717) is 24.6 Å². The summed E-state index contributed by atoms with van der Waals surface area (Å²) in [5, 5.41) is 5.89. The number of rotatable bonds is 6. The predicted octanol–water partition coefficient (Wildman–Crippen LogP) is 2.45.